The summed E-state index contributed by atoms with van der Waals surface area (Å²) in [6, 6.07) is 10.6. The molecule has 28 heavy (non-hydrogen) atoms. The van der Waals surface area contributed by atoms with Crippen LogP contribution in [0.2, 0.25) is 0 Å². The van der Waals surface area contributed by atoms with E-state index < -0.39 is 0 Å². The minimum Gasteiger partial charge on any atom is -0.369 e. The third-order valence-corrected chi connectivity index (χ3v) is 5.19. The lowest BCUT2D eigenvalue weighted by Crippen LogP contribution is -2.46. The van der Waals surface area contributed by atoms with E-state index in [9.17, 15) is 0 Å². The molecular formula is C22H26N6. The predicted octanol–water partition coefficient (Wildman–Crippen LogP) is 3.11. The molecular weight excluding hydrogens is 348 g/mol. The van der Waals surface area contributed by atoms with Gasteiger partial charge in [-0.1, -0.05) is 24.3 Å². The van der Waals surface area contributed by atoms with Crippen molar-refractivity contribution in [1.29, 1.82) is 0 Å². The van der Waals surface area contributed by atoms with Crippen molar-refractivity contribution in [2.45, 2.75) is 13.8 Å². The molecule has 0 atom stereocenters. The zero-order chi connectivity index (χ0) is 19.3. The van der Waals surface area contributed by atoms with Gasteiger partial charge in [0.05, 0.1) is 11.9 Å². The maximum atomic E-state index is 4.42. The molecule has 1 aromatic carbocycles. The maximum Gasteiger partial charge on any atom is 0.250 e. The van der Waals surface area contributed by atoms with Gasteiger partial charge >= 0.3 is 0 Å². The van der Waals surface area contributed by atoms with Crippen LogP contribution >= 0.6 is 0 Å². The van der Waals surface area contributed by atoms with E-state index in [0.717, 1.165) is 44.0 Å². The Balaban J connectivity index is 1.32. The largest absolute Gasteiger partial charge is 0.369 e. The van der Waals surface area contributed by atoms with Crippen molar-refractivity contribution < 1.29 is 0 Å². The summed E-state index contributed by atoms with van der Waals surface area (Å²) < 4.78 is 1.78. The van der Waals surface area contributed by atoms with Gasteiger partial charge in [0.25, 0.3) is 5.95 Å². The van der Waals surface area contributed by atoms with Crippen LogP contribution in [0.15, 0.2) is 55.0 Å². The van der Waals surface area contributed by atoms with Crippen molar-refractivity contribution in [3.05, 3.63) is 71.8 Å². The Hall–Kier alpha value is -2.99. The van der Waals surface area contributed by atoms with Gasteiger partial charge in [-0.05, 0) is 37.6 Å². The van der Waals surface area contributed by atoms with Crippen LogP contribution in [-0.2, 0) is 0 Å². The molecule has 1 aliphatic heterocycles. The maximum absolute atomic E-state index is 4.42. The lowest BCUT2D eigenvalue weighted by Gasteiger charge is -2.35. The van der Waals surface area contributed by atoms with E-state index in [1.54, 1.807) is 17.1 Å². The average molecular weight is 374 g/mol. The molecule has 2 aromatic heterocycles. The molecule has 1 saturated heterocycles. The van der Waals surface area contributed by atoms with Gasteiger partial charge in [-0.2, -0.15) is 5.10 Å². The van der Waals surface area contributed by atoms with Crippen molar-refractivity contribution in [3.63, 3.8) is 0 Å². The number of piperazine rings is 1. The van der Waals surface area contributed by atoms with Crippen molar-refractivity contribution >= 4 is 11.8 Å². The molecule has 0 bridgehead atoms. The van der Waals surface area contributed by atoms with Gasteiger partial charge in [0.2, 0.25) is 0 Å². The highest BCUT2D eigenvalue weighted by atomic mass is 15.3. The van der Waals surface area contributed by atoms with Gasteiger partial charge in [-0.3, -0.25) is 4.90 Å². The van der Waals surface area contributed by atoms with Crippen LogP contribution in [0, 0.1) is 13.8 Å². The Bertz CT molecular complexity index is 939. The third kappa shape index (κ3) is 4.12. The minimum atomic E-state index is 0.604. The van der Waals surface area contributed by atoms with Crippen LogP contribution in [0.4, 0.5) is 5.69 Å². The lowest BCUT2D eigenvalue weighted by atomic mass is 10.2. The Labute approximate surface area is 166 Å². The Kier molecular flexibility index (Phi) is 5.48. The van der Waals surface area contributed by atoms with E-state index in [0.29, 0.717) is 5.95 Å². The van der Waals surface area contributed by atoms with Crippen LogP contribution < -0.4 is 4.90 Å². The van der Waals surface area contributed by atoms with E-state index >= 15 is 0 Å². The number of hydrogen-bond donors (Lipinski definition) is 0. The summed E-state index contributed by atoms with van der Waals surface area (Å²) in [5.41, 5.74) is 4.80. The third-order valence-electron chi connectivity index (χ3n) is 5.19. The number of anilines is 1. The molecule has 0 unspecified atom stereocenters. The van der Waals surface area contributed by atoms with E-state index in [4.69, 9.17) is 0 Å². The predicted molar refractivity (Wildman–Crippen MR) is 113 cm³/mol. The molecule has 1 aliphatic rings. The first kappa shape index (κ1) is 18.4. The van der Waals surface area contributed by atoms with E-state index in [1.807, 2.05) is 19.2 Å². The number of aromatic nitrogens is 4. The fourth-order valence-corrected chi connectivity index (χ4v) is 3.53. The molecule has 0 amide bonds. The standard InChI is InChI=1S/C22H26N6/c1-18-6-3-8-21(16-18)27-14-12-26(13-15-27)11-4-7-20-17-25-28(19(20)2)22-23-9-5-10-24-22/h3-10,16-17H,11-15H2,1-2H3. The summed E-state index contributed by atoms with van der Waals surface area (Å²) in [7, 11) is 0. The molecule has 0 spiro atoms. The van der Waals surface area contributed by atoms with Gasteiger partial charge in [0, 0.05) is 56.4 Å². The van der Waals surface area contributed by atoms with Crippen LogP contribution in [0.1, 0.15) is 16.8 Å². The number of aryl methyl sites for hydroxylation is 1. The first-order valence-corrected chi connectivity index (χ1v) is 9.73. The molecule has 0 aliphatic carbocycles. The van der Waals surface area contributed by atoms with Crippen molar-refractivity contribution in [1.82, 2.24) is 24.6 Å². The molecule has 0 N–H and O–H groups in total. The van der Waals surface area contributed by atoms with Crippen molar-refractivity contribution in [2.24, 2.45) is 0 Å². The lowest BCUT2D eigenvalue weighted by molar-refractivity contribution is 0.284. The van der Waals surface area contributed by atoms with Crippen molar-refractivity contribution in [2.75, 3.05) is 37.6 Å². The first-order valence-electron chi connectivity index (χ1n) is 9.73. The zero-order valence-corrected chi connectivity index (χ0v) is 16.5. The van der Waals surface area contributed by atoms with Crippen molar-refractivity contribution in [3.8, 4) is 5.95 Å². The van der Waals surface area contributed by atoms with Gasteiger partial charge < -0.3 is 4.90 Å². The summed E-state index contributed by atoms with van der Waals surface area (Å²) in [6.07, 6.45) is 9.71. The number of nitrogens with zero attached hydrogens (tertiary/aromatic N) is 6. The fraction of sp³-hybridized carbons (Fsp3) is 0.318. The molecule has 144 valence electrons. The SMILES string of the molecule is Cc1cccc(N2CCN(CC=Cc3cnn(-c4ncccn4)c3C)CC2)c1. The topological polar surface area (TPSA) is 50.1 Å². The summed E-state index contributed by atoms with van der Waals surface area (Å²) in [6.45, 7) is 9.44. The molecule has 3 aromatic rings. The highest BCUT2D eigenvalue weighted by molar-refractivity contribution is 5.52. The molecule has 0 saturated carbocycles. The van der Waals surface area contributed by atoms with E-state index in [2.05, 4.69) is 68.2 Å². The molecule has 3 heterocycles. The number of hydrogen-bond acceptors (Lipinski definition) is 5. The fourth-order valence-electron chi connectivity index (χ4n) is 3.53. The smallest absolute Gasteiger partial charge is 0.250 e. The Morgan fingerprint density at radius 1 is 1.00 bits per heavy atom. The molecule has 6 nitrogen and oxygen atoms in total. The van der Waals surface area contributed by atoms with E-state index in [-0.39, 0.29) is 0 Å². The number of rotatable bonds is 5. The molecule has 4 rings (SSSR count). The molecule has 1 fully saturated rings. The summed E-state index contributed by atoms with van der Waals surface area (Å²) in [5, 5.41) is 4.42. The number of benzene rings is 1. The quantitative estimate of drug-likeness (QED) is 0.687. The minimum absolute atomic E-state index is 0.604. The Morgan fingerprint density at radius 2 is 1.79 bits per heavy atom. The molecule has 0 radical (unpaired) electrons. The van der Waals surface area contributed by atoms with Gasteiger partial charge in [0.15, 0.2) is 0 Å². The highest BCUT2D eigenvalue weighted by Crippen LogP contribution is 2.18. The summed E-state index contributed by atoms with van der Waals surface area (Å²) in [4.78, 5) is 13.5. The van der Waals surface area contributed by atoms with Crippen LogP contribution in [0.25, 0.3) is 12.0 Å². The van der Waals surface area contributed by atoms with Gasteiger partial charge in [-0.15, -0.1) is 0 Å². The zero-order valence-electron chi connectivity index (χ0n) is 16.5. The highest BCUT2D eigenvalue weighted by Gasteiger charge is 2.16. The summed E-state index contributed by atoms with van der Waals surface area (Å²) in [5.74, 6) is 0.604. The van der Waals surface area contributed by atoms with Crippen LogP contribution in [0.5, 0.6) is 0 Å². The van der Waals surface area contributed by atoms with Crippen LogP contribution in [-0.4, -0.2) is 57.4 Å². The van der Waals surface area contributed by atoms with Gasteiger partial charge in [-0.25, -0.2) is 14.6 Å². The Morgan fingerprint density at radius 3 is 2.54 bits per heavy atom. The summed E-state index contributed by atoms with van der Waals surface area (Å²) >= 11 is 0. The van der Waals surface area contributed by atoms with Crippen LogP contribution in [0.3, 0.4) is 0 Å². The second kappa shape index (κ2) is 8.35. The first-order chi connectivity index (χ1) is 13.7. The second-order valence-electron chi connectivity index (χ2n) is 7.17. The molecule has 6 heteroatoms. The normalized spacial score (nSPS) is 15.4. The monoisotopic (exact) mass is 374 g/mol. The van der Waals surface area contributed by atoms with Gasteiger partial charge in [0.1, 0.15) is 0 Å². The average Bonchev–Trinajstić information content (AvgIpc) is 3.10. The van der Waals surface area contributed by atoms with E-state index in [1.165, 1.54) is 11.3 Å². The second-order valence-corrected chi connectivity index (χ2v) is 7.17.